The van der Waals surface area contributed by atoms with E-state index in [2.05, 4.69) is 5.32 Å². The number of hydrogen-bond donors (Lipinski definition) is 2. The quantitative estimate of drug-likeness (QED) is 0.599. The normalized spacial score (nSPS) is 19.3. The lowest BCUT2D eigenvalue weighted by atomic mass is 10.1. The van der Waals surface area contributed by atoms with Crippen LogP contribution in [0.1, 0.15) is 19.8 Å². The predicted molar refractivity (Wildman–Crippen MR) is 102 cm³/mol. The first kappa shape index (κ1) is 20.9. The van der Waals surface area contributed by atoms with Gasteiger partial charge in [0.1, 0.15) is 15.9 Å². The highest BCUT2D eigenvalue weighted by atomic mass is 32.2. The molecule has 158 valence electrons. The van der Waals surface area contributed by atoms with Gasteiger partial charge in [0.25, 0.3) is 0 Å². The van der Waals surface area contributed by atoms with Crippen LogP contribution in [0.15, 0.2) is 18.2 Å². The van der Waals surface area contributed by atoms with Gasteiger partial charge in [-0.1, -0.05) is 6.92 Å². The minimum atomic E-state index is -3.36. The van der Waals surface area contributed by atoms with Gasteiger partial charge in [-0.3, -0.25) is 9.59 Å². The molecule has 2 amide bonds. The number of sulfone groups is 1. The van der Waals surface area contributed by atoms with Crippen LogP contribution < -0.4 is 19.7 Å². The number of hydrogen-bond acceptors (Lipinski definition) is 7. The van der Waals surface area contributed by atoms with E-state index in [4.69, 9.17) is 9.47 Å². The molecule has 2 aliphatic heterocycles. The van der Waals surface area contributed by atoms with E-state index in [1.807, 2.05) is 0 Å². The van der Waals surface area contributed by atoms with Gasteiger partial charge >= 0.3 is 5.97 Å². The van der Waals surface area contributed by atoms with Gasteiger partial charge in [0.05, 0.1) is 11.7 Å². The Morgan fingerprint density at radius 2 is 2.03 bits per heavy atom. The molecule has 0 aliphatic carbocycles. The molecule has 2 heterocycles. The molecule has 0 spiro atoms. The summed E-state index contributed by atoms with van der Waals surface area (Å²) in [6.07, 6.45) is -0.302. The SMILES string of the molecule is CCS(=O)(=O)CCC(NC(=O)C1CC(=O)N(c2ccc3c(c2)OCO3)C1)C(=O)O. The Kier molecular flexibility index (Phi) is 5.96. The van der Waals surface area contributed by atoms with Crippen LogP contribution >= 0.6 is 0 Å². The van der Waals surface area contributed by atoms with Gasteiger partial charge in [0.2, 0.25) is 18.6 Å². The first-order valence-electron chi connectivity index (χ1n) is 9.14. The second-order valence-electron chi connectivity index (χ2n) is 6.87. The smallest absolute Gasteiger partial charge is 0.326 e. The zero-order valence-electron chi connectivity index (χ0n) is 15.8. The molecule has 0 radical (unpaired) electrons. The molecule has 10 nitrogen and oxygen atoms in total. The maximum Gasteiger partial charge on any atom is 0.326 e. The zero-order valence-corrected chi connectivity index (χ0v) is 16.6. The highest BCUT2D eigenvalue weighted by molar-refractivity contribution is 7.91. The molecule has 1 saturated heterocycles. The number of anilines is 1. The number of aliphatic carboxylic acids is 1. The van der Waals surface area contributed by atoms with E-state index < -0.39 is 33.7 Å². The molecule has 11 heteroatoms. The average molecular weight is 426 g/mol. The van der Waals surface area contributed by atoms with Crippen molar-refractivity contribution >= 4 is 33.3 Å². The molecule has 2 unspecified atom stereocenters. The van der Waals surface area contributed by atoms with Crippen molar-refractivity contribution in [2.75, 3.05) is 29.7 Å². The second-order valence-corrected chi connectivity index (χ2v) is 9.34. The number of benzene rings is 1. The Balaban J connectivity index is 1.64. The molecule has 29 heavy (non-hydrogen) atoms. The summed E-state index contributed by atoms with van der Waals surface area (Å²) in [6, 6.07) is 3.67. The summed E-state index contributed by atoms with van der Waals surface area (Å²) in [5, 5.41) is 11.7. The fraction of sp³-hybridized carbons (Fsp3) is 0.500. The molecular formula is C18H22N2O8S. The van der Waals surface area contributed by atoms with Gasteiger partial charge in [-0.2, -0.15) is 0 Å². The molecular weight excluding hydrogens is 404 g/mol. The van der Waals surface area contributed by atoms with Gasteiger partial charge in [0.15, 0.2) is 11.5 Å². The Bertz CT molecular complexity index is 930. The minimum Gasteiger partial charge on any atom is -0.480 e. The standard InChI is InChI=1S/C18H22N2O8S/c1-2-29(25,26)6-5-13(18(23)24)19-17(22)11-7-16(21)20(9-11)12-3-4-14-15(8-12)28-10-27-14/h3-4,8,11,13H,2,5-7,9-10H2,1H3,(H,19,22)(H,23,24). The number of nitrogens with zero attached hydrogens (tertiary/aromatic N) is 1. The van der Waals surface area contributed by atoms with Crippen LogP contribution in [0.3, 0.4) is 0 Å². The van der Waals surface area contributed by atoms with Crippen LogP contribution in [0.5, 0.6) is 11.5 Å². The molecule has 0 saturated carbocycles. The van der Waals surface area contributed by atoms with Gasteiger partial charge < -0.3 is 24.8 Å². The van der Waals surface area contributed by atoms with Crippen LogP contribution in [0, 0.1) is 5.92 Å². The third kappa shape index (κ3) is 4.78. The fourth-order valence-corrected chi connectivity index (χ4v) is 4.06. The summed E-state index contributed by atoms with van der Waals surface area (Å²) >= 11 is 0. The minimum absolute atomic E-state index is 0.0696. The number of carbonyl (C=O) groups excluding carboxylic acids is 2. The van der Waals surface area contributed by atoms with E-state index in [-0.39, 0.29) is 43.6 Å². The molecule has 2 N–H and O–H groups in total. The maximum absolute atomic E-state index is 12.5. The average Bonchev–Trinajstić information content (AvgIpc) is 3.30. The summed E-state index contributed by atoms with van der Waals surface area (Å²) in [5.74, 6) is -2.29. The summed E-state index contributed by atoms with van der Waals surface area (Å²) in [5.41, 5.74) is 0.554. The largest absolute Gasteiger partial charge is 0.480 e. The molecule has 1 aromatic carbocycles. The van der Waals surface area contributed by atoms with E-state index in [1.54, 1.807) is 18.2 Å². The Morgan fingerprint density at radius 1 is 1.31 bits per heavy atom. The summed E-state index contributed by atoms with van der Waals surface area (Å²) in [4.78, 5) is 37.7. The van der Waals surface area contributed by atoms with E-state index >= 15 is 0 Å². The number of ether oxygens (including phenoxy) is 2. The Hall–Kier alpha value is -2.82. The lowest BCUT2D eigenvalue weighted by Gasteiger charge is -2.19. The van der Waals surface area contributed by atoms with Gasteiger partial charge in [-0.15, -0.1) is 0 Å². The first-order valence-corrected chi connectivity index (χ1v) is 11.0. The number of carbonyl (C=O) groups is 3. The van der Waals surface area contributed by atoms with Crippen molar-refractivity contribution in [3.8, 4) is 11.5 Å². The number of carboxylic acids is 1. The van der Waals surface area contributed by atoms with Crippen molar-refractivity contribution in [1.82, 2.24) is 5.32 Å². The lowest BCUT2D eigenvalue weighted by molar-refractivity contribution is -0.142. The molecule has 1 aromatic rings. The fourth-order valence-electron chi connectivity index (χ4n) is 3.17. The van der Waals surface area contributed by atoms with Crippen molar-refractivity contribution in [2.24, 2.45) is 5.92 Å². The second kappa shape index (κ2) is 8.27. The first-order chi connectivity index (χ1) is 13.7. The zero-order chi connectivity index (χ0) is 21.2. The van der Waals surface area contributed by atoms with Crippen molar-refractivity contribution in [2.45, 2.75) is 25.8 Å². The molecule has 0 aromatic heterocycles. The van der Waals surface area contributed by atoms with Crippen molar-refractivity contribution in [3.63, 3.8) is 0 Å². The van der Waals surface area contributed by atoms with Crippen molar-refractivity contribution < 1.29 is 37.4 Å². The van der Waals surface area contributed by atoms with Crippen LogP contribution in [0.25, 0.3) is 0 Å². The Labute approximate surface area is 167 Å². The van der Waals surface area contributed by atoms with Crippen LogP contribution in [0.4, 0.5) is 5.69 Å². The lowest BCUT2D eigenvalue weighted by Crippen LogP contribution is -2.45. The molecule has 2 atom stereocenters. The highest BCUT2D eigenvalue weighted by Gasteiger charge is 2.37. The number of nitrogens with one attached hydrogen (secondary N) is 1. The third-order valence-corrected chi connectivity index (χ3v) is 6.67. The van der Waals surface area contributed by atoms with Crippen molar-refractivity contribution in [1.29, 1.82) is 0 Å². The number of amides is 2. The highest BCUT2D eigenvalue weighted by Crippen LogP contribution is 2.37. The van der Waals surface area contributed by atoms with E-state index in [0.29, 0.717) is 17.2 Å². The Morgan fingerprint density at radius 3 is 2.72 bits per heavy atom. The summed E-state index contributed by atoms with van der Waals surface area (Å²) in [6.45, 7) is 1.66. The maximum atomic E-state index is 12.5. The monoisotopic (exact) mass is 426 g/mol. The van der Waals surface area contributed by atoms with Crippen LogP contribution in [0.2, 0.25) is 0 Å². The van der Waals surface area contributed by atoms with Gasteiger partial charge in [-0.05, 0) is 18.6 Å². The molecule has 0 bridgehead atoms. The number of fused-ring (bicyclic) bond motifs is 1. The van der Waals surface area contributed by atoms with Gasteiger partial charge in [0, 0.05) is 30.5 Å². The predicted octanol–water partition coefficient (Wildman–Crippen LogP) is 0.162. The van der Waals surface area contributed by atoms with E-state index in [9.17, 15) is 27.9 Å². The molecule has 1 fully saturated rings. The topological polar surface area (TPSA) is 139 Å². The number of rotatable bonds is 8. The van der Waals surface area contributed by atoms with Crippen LogP contribution in [-0.4, -0.2) is 62.2 Å². The van der Waals surface area contributed by atoms with Crippen LogP contribution in [-0.2, 0) is 24.2 Å². The van der Waals surface area contributed by atoms with Crippen molar-refractivity contribution in [3.05, 3.63) is 18.2 Å². The third-order valence-electron chi connectivity index (χ3n) is 4.94. The summed E-state index contributed by atoms with van der Waals surface area (Å²) < 4.78 is 33.8. The van der Waals surface area contributed by atoms with E-state index in [0.717, 1.165) is 0 Å². The molecule has 2 aliphatic rings. The number of carboxylic acid groups (broad SMARTS) is 1. The summed E-state index contributed by atoms with van der Waals surface area (Å²) in [7, 11) is -3.36. The van der Waals surface area contributed by atoms with E-state index in [1.165, 1.54) is 11.8 Å². The molecule has 3 rings (SSSR count). The van der Waals surface area contributed by atoms with Gasteiger partial charge in [-0.25, -0.2) is 13.2 Å².